The molecule has 3 heteroatoms. The first-order chi connectivity index (χ1) is 6.84. The van der Waals surface area contributed by atoms with Crippen LogP contribution in [-0.4, -0.2) is 31.2 Å². The van der Waals surface area contributed by atoms with E-state index in [1.54, 1.807) is 0 Å². The Morgan fingerprint density at radius 1 is 1.14 bits per heavy atom. The summed E-state index contributed by atoms with van der Waals surface area (Å²) in [6.45, 7) is 4.70. The van der Waals surface area contributed by atoms with Gasteiger partial charge in [0.2, 0.25) is 0 Å². The minimum absolute atomic E-state index is 0.579. The van der Waals surface area contributed by atoms with Crippen molar-refractivity contribution in [3.8, 4) is 0 Å². The lowest BCUT2D eigenvalue weighted by atomic mass is 10.2. The third-order valence-electron chi connectivity index (χ3n) is 2.46. The summed E-state index contributed by atoms with van der Waals surface area (Å²) in [6.07, 6.45) is 0. The maximum atomic E-state index is 7.38. The zero-order valence-electron chi connectivity index (χ0n) is 8.20. The van der Waals surface area contributed by atoms with Crippen LogP contribution in [0.3, 0.4) is 0 Å². The predicted molar refractivity (Wildman–Crippen MR) is 56.5 cm³/mol. The summed E-state index contributed by atoms with van der Waals surface area (Å²) in [4.78, 5) is 2.38. The first kappa shape index (κ1) is 9.49. The average Bonchev–Trinajstić information content (AvgIpc) is 2.23. The van der Waals surface area contributed by atoms with Crippen LogP contribution in [-0.2, 0) is 11.3 Å². The van der Waals surface area contributed by atoms with Gasteiger partial charge in [0.15, 0.2) is 0 Å². The molecular formula is C11H15N2O-. The van der Waals surface area contributed by atoms with Crippen LogP contribution in [0.2, 0.25) is 0 Å². The molecule has 14 heavy (non-hydrogen) atoms. The van der Waals surface area contributed by atoms with E-state index in [0.717, 1.165) is 32.8 Å². The van der Waals surface area contributed by atoms with Crippen LogP contribution in [0.1, 0.15) is 5.56 Å². The van der Waals surface area contributed by atoms with E-state index in [4.69, 9.17) is 10.5 Å². The molecule has 0 radical (unpaired) electrons. The maximum absolute atomic E-state index is 7.38. The van der Waals surface area contributed by atoms with E-state index in [-0.39, 0.29) is 0 Å². The highest BCUT2D eigenvalue weighted by Gasteiger charge is 2.09. The van der Waals surface area contributed by atoms with Gasteiger partial charge >= 0.3 is 0 Å². The van der Waals surface area contributed by atoms with Crippen LogP contribution in [0, 0.1) is 0 Å². The zero-order chi connectivity index (χ0) is 9.80. The highest BCUT2D eigenvalue weighted by atomic mass is 16.5. The molecule has 2 rings (SSSR count). The third-order valence-corrected chi connectivity index (χ3v) is 2.46. The Balaban J connectivity index is 1.92. The number of morpholine rings is 1. The molecule has 1 saturated heterocycles. The van der Waals surface area contributed by atoms with Crippen LogP contribution in [0.4, 0.5) is 5.69 Å². The van der Waals surface area contributed by atoms with Crippen molar-refractivity contribution in [3.05, 3.63) is 35.6 Å². The van der Waals surface area contributed by atoms with Crippen LogP contribution in [0.5, 0.6) is 0 Å². The van der Waals surface area contributed by atoms with E-state index >= 15 is 0 Å². The standard InChI is InChI=1S/C11H15N2O/c12-11-3-1-10(2-4-11)9-13-5-7-14-8-6-13/h1-4,12H,5-9H2/q-1. The predicted octanol–water partition coefficient (Wildman–Crippen LogP) is 2.20. The molecule has 0 spiro atoms. The van der Waals surface area contributed by atoms with Gasteiger partial charge in [-0.25, -0.2) is 0 Å². The molecule has 76 valence electrons. The van der Waals surface area contributed by atoms with Gasteiger partial charge in [0, 0.05) is 19.6 Å². The fourth-order valence-corrected chi connectivity index (χ4v) is 1.63. The Morgan fingerprint density at radius 3 is 2.43 bits per heavy atom. The van der Waals surface area contributed by atoms with Crippen molar-refractivity contribution in [1.82, 2.24) is 4.90 Å². The van der Waals surface area contributed by atoms with Crippen molar-refractivity contribution in [3.63, 3.8) is 0 Å². The summed E-state index contributed by atoms with van der Waals surface area (Å²) in [5, 5.41) is 0. The fraction of sp³-hybridized carbons (Fsp3) is 0.455. The minimum Gasteiger partial charge on any atom is -0.699 e. The first-order valence-electron chi connectivity index (χ1n) is 4.95. The van der Waals surface area contributed by atoms with Gasteiger partial charge in [0.1, 0.15) is 0 Å². The highest BCUT2D eigenvalue weighted by Crippen LogP contribution is 2.13. The maximum Gasteiger partial charge on any atom is 0.0594 e. The van der Waals surface area contributed by atoms with Gasteiger partial charge in [-0.1, -0.05) is 24.3 Å². The molecule has 0 unspecified atom stereocenters. The van der Waals surface area contributed by atoms with Crippen LogP contribution in [0.15, 0.2) is 24.3 Å². The Labute approximate surface area is 84.5 Å². The van der Waals surface area contributed by atoms with Gasteiger partial charge in [0.05, 0.1) is 13.2 Å². The first-order valence-corrected chi connectivity index (χ1v) is 4.95. The van der Waals surface area contributed by atoms with Crippen molar-refractivity contribution in [2.75, 3.05) is 26.3 Å². The van der Waals surface area contributed by atoms with Crippen LogP contribution in [0.25, 0.3) is 5.73 Å². The van der Waals surface area contributed by atoms with E-state index in [9.17, 15) is 0 Å². The van der Waals surface area contributed by atoms with E-state index in [0.29, 0.717) is 5.69 Å². The molecule has 1 fully saturated rings. The lowest BCUT2D eigenvalue weighted by Gasteiger charge is -2.26. The molecule has 0 aliphatic carbocycles. The number of hydrogen-bond acceptors (Lipinski definition) is 2. The third kappa shape index (κ3) is 2.47. The van der Waals surface area contributed by atoms with E-state index in [2.05, 4.69) is 4.90 Å². The minimum atomic E-state index is 0.579. The van der Waals surface area contributed by atoms with E-state index < -0.39 is 0 Å². The Morgan fingerprint density at radius 2 is 1.79 bits per heavy atom. The summed E-state index contributed by atoms with van der Waals surface area (Å²) in [7, 11) is 0. The van der Waals surface area contributed by atoms with E-state index in [1.807, 2.05) is 24.3 Å². The number of rotatable bonds is 2. The topological polar surface area (TPSA) is 36.3 Å². The quantitative estimate of drug-likeness (QED) is 0.718. The van der Waals surface area contributed by atoms with Crippen molar-refractivity contribution in [1.29, 1.82) is 0 Å². The lowest BCUT2D eigenvalue weighted by Crippen LogP contribution is -2.35. The van der Waals surface area contributed by atoms with Gasteiger partial charge in [-0.15, -0.1) is 5.69 Å². The lowest BCUT2D eigenvalue weighted by molar-refractivity contribution is 0.0342. The molecule has 1 aromatic carbocycles. The largest absolute Gasteiger partial charge is 0.699 e. The summed E-state index contributed by atoms with van der Waals surface area (Å²) in [6, 6.07) is 7.74. The molecule has 1 aliphatic heterocycles. The number of ether oxygens (including phenoxy) is 1. The van der Waals surface area contributed by atoms with Gasteiger partial charge in [-0.2, -0.15) is 0 Å². The SMILES string of the molecule is [NH-]c1ccc(CN2CCOCC2)cc1. The Kier molecular flexibility index (Phi) is 3.01. The normalized spacial score (nSPS) is 18.3. The van der Waals surface area contributed by atoms with Crippen LogP contribution >= 0.6 is 0 Å². The number of nitrogens with zero attached hydrogens (tertiary/aromatic N) is 1. The van der Waals surface area contributed by atoms with Gasteiger partial charge in [0.25, 0.3) is 0 Å². The monoisotopic (exact) mass is 191 g/mol. The molecule has 3 nitrogen and oxygen atoms in total. The Hall–Kier alpha value is -1.06. The number of nitrogens with one attached hydrogen (secondary N) is 1. The second kappa shape index (κ2) is 4.44. The van der Waals surface area contributed by atoms with Gasteiger partial charge in [-0.05, 0) is 5.56 Å². The van der Waals surface area contributed by atoms with Gasteiger partial charge < -0.3 is 10.5 Å². The highest BCUT2D eigenvalue weighted by molar-refractivity contribution is 5.43. The summed E-state index contributed by atoms with van der Waals surface area (Å²) >= 11 is 0. The smallest absolute Gasteiger partial charge is 0.0594 e. The second-order valence-corrected chi connectivity index (χ2v) is 3.59. The summed E-state index contributed by atoms with van der Waals surface area (Å²) in [5.41, 5.74) is 9.24. The second-order valence-electron chi connectivity index (χ2n) is 3.59. The molecule has 1 aromatic rings. The van der Waals surface area contributed by atoms with Crippen LogP contribution < -0.4 is 0 Å². The van der Waals surface area contributed by atoms with Crippen molar-refractivity contribution in [2.24, 2.45) is 0 Å². The molecule has 0 aromatic heterocycles. The Bertz CT molecular complexity index is 278. The molecule has 0 bridgehead atoms. The van der Waals surface area contributed by atoms with Crippen molar-refractivity contribution < 1.29 is 4.74 Å². The summed E-state index contributed by atoms with van der Waals surface area (Å²) in [5.74, 6) is 0. The molecule has 1 heterocycles. The summed E-state index contributed by atoms with van der Waals surface area (Å²) < 4.78 is 5.28. The molecule has 0 saturated carbocycles. The number of hydrogen-bond donors (Lipinski definition) is 0. The average molecular weight is 191 g/mol. The molecule has 1 N–H and O–H groups in total. The van der Waals surface area contributed by atoms with E-state index in [1.165, 1.54) is 5.56 Å². The van der Waals surface area contributed by atoms with Crippen molar-refractivity contribution in [2.45, 2.75) is 6.54 Å². The van der Waals surface area contributed by atoms with Gasteiger partial charge in [-0.3, -0.25) is 4.90 Å². The molecule has 1 aliphatic rings. The van der Waals surface area contributed by atoms with Crippen molar-refractivity contribution >= 4 is 5.69 Å². The zero-order valence-corrected chi connectivity index (χ0v) is 8.20. The fourth-order valence-electron chi connectivity index (χ4n) is 1.63. The molecular weight excluding hydrogens is 176 g/mol. The molecule has 0 atom stereocenters. The number of benzene rings is 1. The molecule has 0 amide bonds.